The Balaban J connectivity index is 2.35. The first-order chi connectivity index (χ1) is 12.7. The first-order valence-corrected chi connectivity index (χ1v) is 8.84. The van der Waals surface area contributed by atoms with Crippen molar-refractivity contribution in [2.45, 2.75) is 26.9 Å². The molecule has 2 aromatic carbocycles. The fourth-order valence-electron chi connectivity index (χ4n) is 2.33. The number of carboxylic acid groups (broad SMARTS) is 1. The van der Waals surface area contributed by atoms with Gasteiger partial charge in [0.2, 0.25) is 0 Å². The predicted octanol–water partition coefficient (Wildman–Crippen LogP) is 4.38. The third-order valence-electron chi connectivity index (χ3n) is 3.79. The van der Waals surface area contributed by atoms with E-state index in [-0.39, 0.29) is 17.2 Å². The molecule has 0 unspecified atom stereocenters. The number of ether oxygens (including phenoxy) is 1. The molecule has 144 valence electrons. The van der Waals surface area contributed by atoms with Crippen LogP contribution in [0.2, 0.25) is 5.02 Å². The highest BCUT2D eigenvalue weighted by Crippen LogP contribution is 2.34. The van der Waals surface area contributed by atoms with Gasteiger partial charge in [-0.3, -0.25) is 4.79 Å². The number of carbonyl (C=O) groups excluding carboxylic acids is 1. The van der Waals surface area contributed by atoms with E-state index in [1.807, 2.05) is 13.8 Å². The molecule has 2 aromatic rings. The van der Waals surface area contributed by atoms with Crippen molar-refractivity contribution in [2.75, 3.05) is 6.54 Å². The molecule has 0 aliphatic carbocycles. The molecule has 2 N–H and O–H groups in total. The topological polar surface area (TPSA) is 75.6 Å². The Morgan fingerprint density at radius 3 is 2.48 bits per heavy atom. The lowest BCUT2D eigenvalue weighted by atomic mass is 10.0. The Labute approximate surface area is 162 Å². The van der Waals surface area contributed by atoms with Crippen LogP contribution in [0.15, 0.2) is 36.4 Å². The molecule has 0 heterocycles. The van der Waals surface area contributed by atoms with Gasteiger partial charge in [-0.25, -0.2) is 9.18 Å². The van der Waals surface area contributed by atoms with Crippen molar-refractivity contribution in [2.24, 2.45) is 5.92 Å². The van der Waals surface area contributed by atoms with E-state index in [1.165, 1.54) is 25.1 Å². The third kappa shape index (κ3) is 5.44. The average Bonchev–Trinajstić information content (AvgIpc) is 2.60. The lowest BCUT2D eigenvalue weighted by molar-refractivity contribution is -0.144. The van der Waals surface area contributed by atoms with Crippen LogP contribution in [-0.4, -0.2) is 29.6 Å². The molecule has 7 heteroatoms. The number of rotatable bonds is 7. The zero-order valence-electron chi connectivity index (χ0n) is 15.3. The van der Waals surface area contributed by atoms with Crippen molar-refractivity contribution in [3.05, 3.63) is 52.8 Å². The van der Waals surface area contributed by atoms with Crippen LogP contribution < -0.4 is 10.1 Å². The molecule has 1 amide bonds. The second-order valence-corrected chi connectivity index (χ2v) is 6.97. The minimum absolute atomic E-state index is 0.0669. The Kier molecular flexibility index (Phi) is 6.80. The standard InChI is InChI=1S/C20H21ClFNO4/c1-11(2)10-23-19(24)15-6-4-13(8-17(15)22)16-9-14(21)5-7-18(16)27-12(3)20(25)26/h4-9,11-12H,10H2,1-3H3,(H,23,24)(H,25,26)/t12-/m0/s1. The number of carboxylic acids is 1. The van der Waals surface area contributed by atoms with Gasteiger partial charge in [-0.15, -0.1) is 0 Å². The lowest BCUT2D eigenvalue weighted by Crippen LogP contribution is -2.28. The monoisotopic (exact) mass is 393 g/mol. The molecule has 0 aliphatic heterocycles. The number of nitrogens with one attached hydrogen (secondary N) is 1. The van der Waals surface area contributed by atoms with E-state index >= 15 is 0 Å². The van der Waals surface area contributed by atoms with Gasteiger partial charge in [0.25, 0.3) is 5.91 Å². The van der Waals surface area contributed by atoms with Crippen LogP contribution in [-0.2, 0) is 4.79 Å². The van der Waals surface area contributed by atoms with E-state index in [1.54, 1.807) is 18.2 Å². The van der Waals surface area contributed by atoms with Gasteiger partial charge in [-0.1, -0.05) is 31.5 Å². The molecule has 0 bridgehead atoms. The normalized spacial score (nSPS) is 11.9. The van der Waals surface area contributed by atoms with Crippen molar-refractivity contribution in [1.82, 2.24) is 5.32 Å². The minimum atomic E-state index is -1.13. The van der Waals surface area contributed by atoms with Crippen LogP contribution in [0.3, 0.4) is 0 Å². The number of halogens is 2. The zero-order valence-corrected chi connectivity index (χ0v) is 16.0. The largest absolute Gasteiger partial charge is 0.479 e. The summed E-state index contributed by atoms with van der Waals surface area (Å²) in [6.07, 6.45) is -1.09. The number of hydrogen-bond donors (Lipinski definition) is 2. The third-order valence-corrected chi connectivity index (χ3v) is 4.02. The first kappa shape index (κ1) is 20.7. The molecule has 0 fully saturated rings. The molecule has 0 spiro atoms. The van der Waals surface area contributed by atoms with Crippen LogP contribution in [0.4, 0.5) is 4.39 Å². The van der Waals surface area contributed by atoms with Gasteiger partial charge in [0.15, 0.2) is 6.10 Å². The fourth-order valence-corrected chi connectivity index (χ4v) is 2.50. The van der Waals surface area contributed by atoms with Crippen LogP contribution in [0, 0.1) is 11.7 Å². The Hall–Kier alpha value is -2.60. The molecular weight excluding hydrogens is 373 g/mol. The van der Waals surface area contributed by atoms with Crippen molar-refractivity contribution < 1.29 is 23.8 Å². The lowest BCUT2D eigenvalue weighted by Gasteiger charge is -2.15. The number of benzene rings is 2. The summed E-state index contributed by atoms with van der Waals surface area (Å²) in [5.41, 5.74) is 0.787. The molecule has 0 aromatic heterocycles. The number of carbonyl (C=O) groups is 2. The van der Waals surface area contributed by atoms with Crippen molar-refractivity contribution in [1.29, 1.82) is 0 Å². The zero-order chi connectivity index (χ0) is 20.1. The van der Waals surface area contributed by atoms with E-state index < -0.39 is 23.8 Å². The highest BCUT2D eigenvalue weighted by atomic mass is 35.5. The van der Waals surface area contributed by atoms with E-state index in [0.29, 0.717) is 22.7 Å². The number of amides is 1. The smallest absolute Gasteiger partial charge is 0.344 e. The van der Waals surface area contributed by atoms with Crippen molar-refractivity contribution in [3.63, 3.8) is 0 Å². The summed E-state index contributed by atoms with van der Waals surface area (Å²) in [6.45, 7) is 5.72. The molecule has 2 rings (SSSR count). The maximum Gasteiger partial charge on any atom is 0.344 e. The number of aliphatic carboxylic acids is 1. The van der Waals surface area contributed by atoms with Crippen LogP contribution in [0.1, 0.15) is 31.1 Å². The molecule has 27 heavy (non-hydrogen) atoms. The molecule has 0 saturated heterocycles. The fraction of sp³-hybridized carbons (Fsp3) is 0.300. The average molecular weight is 394 g/mol. The van der Waals surface area contributed by atoms with E-state index in [4.69, 9.17) is 21.4 Å². The highest BCUT2D eigenvalue weighted by Gasteiger charge is 2.18. The van der Waals surface area contributed by atoms with E-state index in [9.17, 15) is 14.0 Å². The first-order valence-electron chi connectivity index (χ1n) is 8.46. The summed E-state index contributed by atoms with van der Waals surface area (Å²) in [7, 11) is 0. The molecule has 0 radical (unpaired) electrons. The van der Waals surface area contributed by atoms with Crippen LogP contribution >= 0.6 is 11.6 Å². The Morgan fingerprint density at radius 2 is 1.89 bits per heavy atom. The van der Waals surface area contributed by atoms with E-state index in [2.05, 4.69) is 5.32 Å². The van der Waals surface area contributed by atoms with Gasteiger partial charge in [-0.2, -0.15) is 0 Å². The maximum atomic E-state index is 14.5. The Morgan fingerprint density at radius 1 is 1.19 bits per heavy atom. The highest BCUT2D eigenvalue weighted by molar-refractivity contribution is 6.31. The SMILES string of the molecule is CC(C)CNC(=O)c1ccc(-c2cc(Cl)ccc2O[C@@H](C)C(=O)O)cc1F. The Bertz CT molecular complexity index is 854. The van der Waals surface area contributed by atoms with Gasteiger partial charge in [-0.05, 0) is 48.7 Å². The van der Waals surface area contributed by atoms with Gasteiger partial charge < -0.3 is 15.2 Å². The minimum Gasteiger partial charge on any atom is -0.479 e. The number of hydrogen-bond acceptors (Lipinski definition) is 3. The molecule has 5 nitrogen and oxygen atoms in total. The second kappa shape index (κ2) is 8.86. The molecule has 0 saturated carbocycles. The molecule has 0 aliphatic rings. The predicted molar refractivity (Wildman–Crippen MR) is 102 cm³/mol. The van der Waals surface area contributed by atoms with E-state index in [0.717, 1.165) is 0 Å². The summed E-state index contributed by atoms with van der Waals surface area (Å²) < 4.78 is 19.9. The van der Waals surface area contributed by atoms with Gasteiger partial charge >= 0.3 is 5.97 Å². The maximum absolute atomic E-state index is 14.5. The van der Waals surface area contributed by atoms with Crippen LogP contribution in [0.25, 0.3) is 11.1 Å². The quantitative estimate of drug-likeness (QED) is 0.731. The van der Waals surface area contributed by atoms with Gasteiger partial charge in [0, 0.05) is 17.1 Å². The summed E-state index contributed by atoms with van der Waals surface area (Å²) >= 11 is 6.03. The van der Waals surface area contributed by atoms with Gasteiger partial charge in [0.1, 0.15) is 11.6 Å². The summed E-state index contributed by atoms with van der Waals surface area (Å²) in [5, 5.41) is 12.1. The summed E-state index contributed by atoms with van der Waals surface area (Å²) in [6, 6.07) is 8.78. The summed E-state index contributed by atoms with van der Waals surface area (Å²) in [4.78, 5) is 23.1. The summed E-state index contributed by atoms with van der Waals surface area (Å²) in [5.74, 6) is -1.80. The van der Waals surface area contributed by atoms with Crippen molar-refractivity contribution in [3.8, 4) is 16.9 Å². The molecular formula is C20H21ClFNO4. The van der Waals surface area contributed by atoms with Crippen molar-refractivity contribution >= 4 is 23.5 Å². The van der Waals surface area contributed by atoms with Crippen LogP contribution in [0.5, 0.6) is 5.75 Å². The van der Waals surface area contributed by atoms with Gasteiger partial charge in [0.05, 0.1) is 5.56 Å². The molecule has 1 atom stereocenters. The second-order valence-electron chi connectivity index (χ2n) is 6.54.